The van der Waals surface area contributed by atoms with Crippen LogP contribution in [0.3, 0.4) is 0 Å². The normalized spacial score (nSPS) is 12.6. The molecule has 0 aromatic heterocycles. The maximum atomic E-state index is 4.06. The summed E-state index contributed by atoms with van der Waals surface area (Å²) in [4.78, 5) is 0. The van der Waals surface area contributed by atoms with Crippen molar-refractivity contribution in [1.82, 2.24) is 5.09 Å². The average Bonchev–Trinajstić information content (AvgIpc) is 2.70. The second-order valence-electron chi connectivity index (χ2n) is 9.14. The van der Waals surface area contributed by atoms with Gasteiger partial charge >= 0.3 is 189 Å². The third-order valence-electron chi connectivity index (χ3n) is 6.47. The van der Waals surface area contributed by atoms with Crippen molar-refractivity contribution in [2.45, 2.75) is 136 Å². The summed E-state index contributed by atoms with van der Waals surface area (Å²) in [6, 6.07) is 0. The SMILES string of the molecule is CCCCCCCC[PH](CCCCCCCC)(CCCCCCCC)NCBr. The molecule has 0 radical (unpaired) electrons. The van der Waals surface area contributed by atoms with Gasteiger partial charge in [0, 0.05) is 0 Å². The van der Waals surface area contributed by atoms with Crippen LogP contribution in [0.1, 0.15) is 136 Å². The molecule has 0 amide bonds. The van der Waals surface area contributed by atoms with E-state index in [0.717, 1.165) is 5.45 Å². The molecule has 1 nitrogen and oxygen atoms in total. The molecule has 0 unspecified atom stereocenters. The molecular formula is C25H55BrNP. The standard InChI is InChI=1S/C25H55BrNP/c1-4-7-10-13-16-19-22-28(27-25-26,23-20-17-14-11-8-5-2)24-21-18-15-12-9-6-3/h27-28H,4-25H2,1-3H3. The van der Waals surface area contributed by atoms with Crippen LogP contribution in [0, 0.1) is 0 Å². The molecular weight excluding hydrogens is 425 g/mol. The third kappa shape index (κ3) is 17.7. The number of hydrogen-bond donors (Lipinski definition) is 1. The zero-order valence-corrected chi connectivity index (χ0v) is 22.5. The van der Waals surface area contributed by atoms with Gasteiger partial charge in [-0.2, -0.15) is 0 Å². The molecule has 28 heavy (non-hydrogen) atoms. The van der Waals surface area contributed by atoms with E-state index in [1.807, 2.05) is 0 Å². The van der Waals surface area contributed by atoms with Crippen molar-refractivity contribution in [3.05, 3.63) is 0 Å². The van der Waals surface area contributed by atoms with Crippen LogP contribution in [0.4, 0.5) is 0 Å². The van der Waals surface area contributed by atoms with Gasteiger partial charge in [-0.05, 0) is 0 Å². The van der Waals surface area contributed by atoms with E-state index in [1.165, 1.54) is 134 Å². The van der Waals surface area contributed by atoms with Gasteiger partial charge in [0.1, 0.15) is 0 Å². The Bertz CT molecular complexity index is 257. The van der Waals surface area contributed by atoms with Gasteiger partial charge in [-0.25, -0.2) is 0 Å². The summed E-state index contributed by atoms with van der Waals surface area (Å²) in [6.07, 6.45) is 30.5. The first-order chi connectivity index (χ1) is 13.7. The van der Waals surface area contributed by atoms with Gasteiger partial charge in [0.2, 0.25) is 0 Å². The van der Waals surface area contributed by atoms with Crippen LogP contribution in [0.15, 0.2) is 0 Å². The molecule has 0 aliphatic rings. The summed E-state index contributed by atoms with van der Waals surface area (Å²) in [5.41, 5.74) is 1.01. The summed E-state index contributed by atoms with van der Waals surface area (Å²) in [5.74, 6) is 0. The molecule has 0 atom stereocenters. The summed E-state index contributed by atoms with van der Waals surface area (Å²) in [6.45, 7) is 6.95. The molecule has 0 aromatic rings. The van der Waals surface area contributed by atoms with E-state index in [-0.39, 0.29) is 0 Å². The Labute approximate surface area is 188 Å². The topological polar surface area (TPSA) is 12.0 Å². The van der Waals surface area contributed by atoms with Gasteiger partial charge in [0.25, 0.3) is 0 Å². The van der Waals surface area contributed by atoms with Crippen LogP contribution in [-0.4, -0.2) is 23.9 Å². The Morgan fingerprint density at radius 2 is 0.750 bits per heavy atom. The molecule has 172 valence electrons. The van der Waals surface area contributed by atoms with E-state index < -0.39 is 7.41 Å². The predicted molar refractivity (Wildman–Crippen MR) is 140 cm³/mol. The van der Waals surface area contributed by atoms with Gasteiger partial charge < -0.3 is 0 Å². The average molecular weight is 481 g/mol. The zero-order valence-electron chi connectivity index (χ0n) is 19.9. The minimum absolute atomic E-state index is 1.01. The van der Waals surface area contributed by atoms with Crippen LogP contribution in [0.25, 0.3) is 0 Å². The summed E-state index contributed by atoms with van der Waals surface area (Å²) in [7, 11) is -1.30. The number of rotatable bonds is 23. The van der Waals surface area contributed by atoms with Crippen molar-refractivity contribution in [3.8, 4) is 0 Å². The summed E-state index contributed by atoms with van der Waals surface area (Å²) in [5, 5.41) is 4.06. The van der Waals surface area contributed by atoms with E-state index in [2.05, 4.69) is 41.8 Å². The number of unbranched alkanes of at least 4 members (excludes halogenated alkanes) is 15. The molecule has 0 aromatic carbocycles. The third-order valence-corrected chi connectivity index (χ3v) is 12.1. The molecule has 0 rings (SSSR count). The molecule has 0 bridgehead atoms. The summed E-state index contributed by atoms with van der Waals surface area (Å²) >= 11 is 3.74. The van der Waals surface area contributed by atoms with Crippen LogP contribution in [0.5, 0.6) is 0 Å². The predicted octanol–water partition coefficient (Wildman–Crippen LogP) is 9.67. The number of halogens is 1. The first kappa shape index (κ1) is 28.9. The van der Waals surface area contributed by atoms with Crippen LogP contribution in [0.2, 0.25) is 0 Å². The van der Waals surface area contributed by atoms with Gasteiger partial charge in [0.15, 0.2) is 0 Å². The Balaban J connectivity index is 4.39. The number of alkyl halides is 1. The molecule has 0 saturated carbocycles. The number of hydrogen-bond acceptors (Lipinski definition) is 1. The van der Waals surface area contributed by atoms with E-state index >= 15 is 0 Å². The molecule has 0 aliphatic heterocycles. The van der Waals surface area contributed by atoms with Crippen molar-refractivity contribution in [1.29, 1.82) is 0 Å². The van der Waals surface area contributed by atoms with Gasteiger partial charge in [-0.3, -0.25) is 0 Å². The van der Waals surface area contributed by atoms with E-state index in [1.54, 1.807) is 0 Å². The van der Waals surface area contributed by atoms with Crippen molar-refractivity contribution < 1.29 is 0 Å². The Kier molecular flexibility index (Phi) is 23.3. The van der Waals surface area contributed by atoms with Crippen LogP contribution in [-0.2, 0) is 0 Å². The Morgan fingerprint density at radius 3 is 1.04 bits per heavy atom. The van der Waals surface area contributed by atoms with Crippen molar-refractivity contribution in [3.63, 3.8) is 0 Å². The fraction of sp³-hybridized carbons (Fsp3) is 1.00. The zero-order chi connectivity index (χ0) is 20.8. The van der Waals surface area contributed by atoms with Crippen molar-refractivity contribution in [2.75, 3.05) is 23.9 Å². The Hall–Kier alpha value is 0.870. The van der Waals surface area contributed by atoms with Crippen molar-refractivity contribution >= 4 is 23.3 Å². The summed E-state index contributed by atoms with van der Waals surface area (Å²) < 4.78 is 0. The Morgan fingerprint density at radius 1 is 0.464 bits per heavy atom. The van der Waals surface area contributed by atoms with Gasteiger partial charge in [0.05, 0.1) is 0 Å². The van der Waals surface area contributed by atoms with Crippen LogP contribution >= 0.6 is 23.3 Å². The molecule has 0 heterocycles. The van der Waals surface area contributed by atoms with Gasteiger partial charge in [-0.1, -0.05) is 0 Å². The molecule has 0 aliphatic carbocycles. The van der Waals surface area contributed by atoms with E-state index in [0.29, 0.717) is 0 Å². The van der Waals surface area contributed by atoms with E-state index in [9.17, 15) is 0 Å². The fourth-order valence-electron chi connectivity index (χ4n) is 4.51. The monoisotopic (exact) mass is 479 g/mol. The van der Waals surface area contributed by atoms with Crippen molar-refractivity contribution in [2.24, 2.45) is 0 Å². The first-order valence-corrected chi connectivity index (χ1v) is 16.8. The minimum atomic E-state index is -1.30. The second kappa shape index (κ2) is 22.6. The maximum absolute atomic E-state index is 4.06. The second-order valence-corrected chi connectivity index (χ2v) is 14.1. The quantitative estimate of drug-likeness (QED) is 0.0664. The molecule has 3 heteroatoms. The molecule has 0 saturated heterocycles. The first-order valence-electron chi connectivity index (χ1n) is 13.1. The van der Waals surface area contributed by atoms with Gasteiger partial charge in [-0.15, -0.1) is 0 Å². The molecule has 0 fully saturated rings. The van der Waals surface area contributed by atoms with Crippen LogP contribution < -0.4 is 5.09 Å². The fourth-order valence-corrected chi connectivity index (χ4v) is 10.6. The van der Waals surface area contributed by atoms with E-state index in [4.69, 9.17) is 0 Å². The molecule has 0 spiro atoms. The molecule has 1 N–H and O–H groups in total. The number of nitrogens with one attached hydrogen (secondary N) is 1.